The second kappa shape index (κ2) is 10.4. The van der Waals surface area contributed by atoms with Crippen molar-refractivity contribution in [2.45, 2.75) is 52.4 Å². The highest BCUT2D eigenvalue weighted by atomic mass is 16.5. The van der Waals surface area contributed by atoms with Gasteiger partial charge < -0.3 is 9.47 Å². The molecule has 4 heteroatoms. The van der Waals surface area contributed by atoms with E-state index in [1.54, 1.807) is 0 Å². The fourth-order valence-corrected chi connectivity index (χ4v) is 4.24. The van der Waals surface area contributed by atoms with Crippen LogP contribution in [0.25, 0.3) is 0 Å². The van der Waals surface area contributed by atoms with E-state index in [1.165, 1.54) is 11.1 Å². The third-order valence-corrected chi connectivity index (χ3v) is 6.85. The lowest BCUT2D eigenvalue weighted by molar-refractivity contribution is -0.129. The zero-order valence-electron chi connectivity index (χ0n) is 22.0. The van der Waals surface area contributed by atoms with E-state index in [9.17, 15) is 9.59 Å². The minimum atomic E-state index is -0.470. The Kier molecular flexibility index (Phi) is 7.68. The lowest BCUT2D eigenvalue weighted by Gasteiger charge is -2.31. The van der Waals surface area contributed by atoms with Gasteiger partial charge in [0.2, 0.25) is 0 Å². The highest BCUT2D eigenvalue weighted by Gasteiger charge is 2.28. The minimum absolute atomic E-state index is 0.281. The number of benzene rings is 3. The molecular formula is C32H34O4. The summed E-state index contributed by atoms with van der Waals surface area (Å²) in [6, 6.07) is 20.4. The summed E-state index contributed by atoms with van der Waals surface area (Å²) in [6.45, 7) is 19.5. The molecule has 0 bridgehead atoms. The molecule has 4 nitrogen and oxygen atoms in total. The van der Waals surface area contributed by atoms with E-state index in [0.29, 0.717) is 11.5 Å². The number of carbonyl (C=O) groups excluding carboxylic acids is 2. The number of esters is 2. The summed E-state index contributed by atoms with van der Waals surface area (Å²) in [5.74, 6) is 0.128. The molecule has 3 aromatic rings. The first-order chi connectivity index (χ1) is 16.9. The first kappa shape index (κ1) is 26.7. The Morgan fingerprint density at radius 1 is 0.639 bits per heavy atom. The molecular weight excluding hydrogens is 448 g/mol. The van der Waals surface area contributed by atoms with Gasteiger partial charge in [-0.3, -0.25) is 0 Å². The maximum atomic E-state index is 11.6. The molecule has 3 rings (SSSR count). The molecule has 0 aliphatic carbocycles. The van der Waals surface area contributed by atoms with Crippen LogP contribution in [0, 0.1) is 13.8 Å². The summed E-state index contributed by atoms with van der Waals surface area (Å²) in [5.41, 5.74) is 5.82. The first-order valence-electron chi connectivity index (χ1n) is 11.9. The van der Waals surface area contributed by atoms with Crippen molar-refractivity contribution in [3.63, 3.8) is 0 Å². The van der Waals surface area contributed by atoms with Gasteiger partial charge in [-0.25, -0.2) is 9.59 Å². The molecule has 0 saturated heterocycles. The average molecular weight is 483 g/mol. The molecule has 0 saturated carbocycles. The highest BCUT2D eigenvalue weighted by molar-refractivity contribution is 5.84. The summed E-state index contributed by atoms with van der Waals surface area (Å²) in [7, 11) is 0. The molecule has 186 valence electrons. The number of rotatable bonds is 8. The van der Waals surface area contributed by atoms with Crippen molar-refractivity contribution in [2.75, 3.05) is 0 Å². The van der Waals surface area contributed by atoms with Gasteiger partial charge in [-0.15, -0.1) is 0 Å². The van der Waals surface area contributed by atoms with Gasteiger partial charge in [0.05, 0.1) is 0 Å². The normalized spacial score (nSPS) is 11.5. The van der Waals surface area contributed by atoms with E-state index in [2.05, 4.69) is 77.3 Å². The van der Waals surface area contributed by atoms with Crippen LogP contribution in [0.4, 0.5) is 0 Å². The fraction of sp³-hybridized carbons (Fsp3) is 0.250. The Balaban J connectivity index is 1.95. The topological polar surface area (TPSA) is 52.6 Å². The van der Waals surface area contributed by atoms with E-state index in [0.717, 1.165) is 34.4 Å². The van der Waals surface area contributed by atoms with Crippen molar-refractivity contribution in [1.82, 2.24) is 0 Å². The van der Waals surface area contributed by atoms with Crippen LogP contribution in [0.2, 0.25) is 0 Å². The molecule has 0 unspecified atom stereocenters. The molecule has 0 radical (unpaired) electrons. The average Bonchev–Trinajstić information content (AvgIpc) is 2.86. The van der Waals surface area contributed by atoms with E-state index in [1.807, 2.05) is 38.1 Å². The Morgan fingerprint density at radius 3 is 1.33 bits per heavy atom. The Bertz CT molecular complexity index is 1230. The van der Waals surface area contributed by atoms with E-state index in [-0.39, 0.29) is 10.8 Å². The third-order valence-electron chi connectivity index (χ3n) is 6.85. The fourth-order valence-electron chi connectivity index (χ4n) is 4.24. The predicted octanol–water partition coefficient (Wildman–Crippen LogP) is 7.14. The number of hydrogen-bond acceptors (Lipinski definition) is 4. The van der Waals surface area contributed by atoms with Crippen LogP contribution in [0.3, 0.4) is 0 Å². The lowest BCUT2D eigenvalue weighted by Crippen LogP contribution is -2.23. The third kappa shape index (κ3) is 5.49. The Morgan fingerprint density at radius 2 is 1.00 bits per heavy atom. The van der Waals surface area contributed by atoms with Crippen LogP contribution in [0.15, 0.2) is 86.0 Å². The molecule has 0 aliphatic heterocycles. The van der Waals surface area contributed by atoms with Crippen molar-refractivity contribution >= 4 is 11.9 Å². The maximum Gasteiger partial charge on any atom is 0.335 e. The Labute approximate surface area is 214 Å². The van der Waals surface area contributed by atoms with Crippen molar-refractivity contribution < 1.29 is 19.1 Å². The molecule has 0 spiro atoms. The van der Waals surface area contributed by atoms with Crippen LogP contribution in [0.5, 0.6) is 11.5 Å². The molecule has 0 aliphatic rings. The smallest absolute Gasteiger partial charge is 0.335 e. The molecule has 0 amide bonds. The van der Waals surface area contributed by atoms with Gasteiger partial charge in [-0.1, -0.05) is 89.4 Å². The van der Waals surface area contributed by atoms with Crippen LogP contribution < -0.4 is 9.47 Å². The van der Waals surface area contributed by atoms with Crippen LogP contribution in [-0.2, 0) is 20.4 Å². The van der Waals surface area contributed by atoms with Crippen LogP contribution >= 0.6 is 0 Å². The summed E-state index contributed by atoms with van der Waals surface area (Å²) in [5, 5.41) is 0. The van der Waals surface area contributed by atoms with Crippen molar-refractivity contribution in [3.8, 4) is 11.5 Å². The van der Waals surface area contributed by atoms with Gasteiger partial charge in [0, 0.05) is 23.0 Å². The predicted molar refractivity (Wildman–Crippen MR) is 145 cm³/mol. The second-order valence-corrected chi connectivity index (χ2v) is 10.0. The van der Waals surface area contributed by atoms with Gasteiger partial charge in [0.15, 0.2) is 0 Å². The number of hydrogen-bond donors (Lipinski definition) is 0. The van der Waals surface area contributed by atoms with E-state index >= 15 is 0 Å². The largest absolute Gasteiger partial charge is 0.423 e. The zero-order chi connectivity index (χ0) is 26.7. The molecule has 0 fully saturated rings. The van der Waals surface area contributed by atoms with Gasteiger partial charge >= 0.3 is 11.9 Å². The Hall–Kier alpha value is -3.92. The van der Waals surface area contributed by atoms with E-state index < -0.39 is 11.9 Å². The number of aryl methyl sites for hydroxylation is 2. The summed E-state index contributed by atoms with van der Waals surface area (Å²) in [6.07, 6.45) is 2.32. The molecule has 0 aromatic heterocycles. The molecule has 0 N–H and O–H groups in total. The SMILES string of the molecule is C=CC(=O)Oc1ccc(C(C)(C)c2cccc(C(C)(C)c3ccc(OC(=O)C=C)c(C)c3)c2)cc1C. The van der Waals surface area contributed by atoms with Gasteiger partial charge in [0.25, 0.3) is 0 Å². The van der Waals surface area contributed by atoms with Crippen molar-refractivity contribution in [1.29, 1.82) is 0 Å². The summed E-state index contributed by atoms with van der Waals surface area (Å²) in [4.78, 5) is 23.2. The number of ether oxygens (including phenoxy) is 2. The van der Waals surface area contributed by atoms with Gasteiger partial charge in [0.1, 0.15) is 11.5 Å². The second-order valence-electron chi connectivity index (χ2n) is 10.0. The molecule has 0 atom stereocenters. The zero-order valence-corrected chi connectivity index (χ0v) is 22.0. The molecule has 36 heavy (non-hydrogen) atoms. The summed E-state index contributed by atoms with van der Waals surface area (Å²) >= 11 is 0. The van der Waals surface area contributed by atoms with Gasteiger partial charge in [-0.2, -0.15) is 0 Å². The van der Waals surface area contributed by atoms with Crippen molar-refractivity contribution in [3.05, 3.63) is 119 Å². The summed E-state index contributed by atoms with van der Waals surface area (Å²) < 4.78 is 10.7. The van der Waals surface area contributed by atoms with Crippen LogP contribution in [0.1, 0.15) is 61.1 Å². The minimum Gasteiger partial charge on any atom is -0.423 e. The highest BCUT2D eigenvalue weighted by Crippen LogP contribution is 2.38. The monoisotopic (exact) mass is 482 g/mol. The standard InChI is InChI=1S/C32H34O4/c1-9-29(33)35-27-16-14-25(18-21(27)3)31(5,6)23-12-11-13-24(20-23)32(7,8)26-15-17-28(22(4)19-26)36-30(34)10-2/h9-20H,1-2H2,3-8H3. The van der Waals surface area contributed by atoms with Crippen molar-refractivity contribution in [2.24, 2.45) is 0 Å². The van der Waals surface area contributed by atoms with E-state index in [4.69, 9.17) is 9.47 Å². The lowest BCUT2D eigenvalue weighted by atomic mass is 9.73. The van der Waals surface area contributed by atoms with Crippen LogP contribution in [-0.4, -0.2) is 11.9 Å². The molecule has 3 aromatic carbocycles. The van der Waals surface area contributed by atoms with Gasteiger partial charge in [-0.05, 0) is 59.4 Å². The number of carbonyl (C=O) groups is 2. The maximum absolute atomic E-state index is 11.6. The first-order valence-corrected chi connectivity index (χ1v) is 11.9. The molecule has 0 heterocycles. The quantitative estimate of drug-likeness (QED) is 0.195.